The Hall–Kier alpha value is -6.18. The molecule has 1 heteroatoms. The van der Waals surface area contributed by atoms with Crippen LogP contribution in [0.3, 0.4) is 0 Å². The Bertz CT molecular complexity index is 2610. The van der Waals surface area contributed by atoms with Gasteiger partial charge in [-0.2, -0.15) is 0 Å². The van der Waals surface area contributed by atoms with Crippen molar-refractivity contribution in [3.05, 3.63) is 210 Å². The Labute approximate surface area is 280 Å². The highest BCUT2D eigenvalue weighted by molar-refractivity contribution is 6.13. The predicted octanol–water partition coefficient (Wildman–Crippen LogP) is 12.0. The largest absolute Gasteiger partial charge is 0.309 e. The van der Waals surface area contributed by atoms with Gasteiger partial charge in [0.2, 0.25) is 0 Å². The molecular weight excluding hydrogens is 579 g/mol. The molecule has 0 fully saturated rings. The molecule has 0 aliphatic heterocycles. The first-order valence-electron chi connectivity index (χ1n) is 16.7. The van der Waals surface area contributed by atoms with E-state index in [1.165, 1.54) is 82.8 Å². The SMILES string of the molecule is c1ccc(-n2c3ccccc3c3cc(-c4cc5c(c6ccccc46)-c4ccccc4C5(c4ccccc4)c4ccccc4)ccc32)cc1. The fourth-order valence-corrected chi connectivity index (χ4v) is 8.53. The van der Waals surface area contributed by atoms with Crippen molar-refractivity contribution < 1.29 is 0 Å². The van der Waals surface area contributed by atoms with Crippen LogP contribution in [0, 0.1) is 0 Å². The van der Waals surface area contributed by atoms with Crippen LogP contribution in [0.5, 0.6) is 0 Å². The average Bonchev–Trinajstić information content (AvgIpc) is 3.66. The molecule has 9 aromatic rings. The fourth-order valence-electron chi connectivity index (χ4n) is 8.53. The molecular formula is C47H31N. The van der Waals surface area contributed by atoms with Crippen LogP contribution in [-0.4, -0.2) is 4.57 Å². The standard InChI is InChI=1S/C47H31N/c1-4-16-33(17-5-1)47(34-18-6-2-7-19-34)42-26-14-12-25-39(42)46-38-24-11-10-22-36(38)40(31-43(46)47)32-28-29-45-41(30-32)37-23-13-15-27-44(37)48(45)35-20-8-3-9-21-35/h1-31H. The van der Waals surface area contributed by atoms with Gasteiger partial charge in [0.25, 0.3) is 0 Å². The van der Waals surface area contributed by atoms with Crippen LogP contribution in [0.4, 0.5) is 0 Å². The van der Waals surface area contributed by atoms with Crippen LogP contribution in [0.1, 0.15) is 22.3 Å². The highest BCUT2D eigenvalue weighted by atomic mass is 15.0. The van der Waals surface area contributed by atoms with E-state index in [1.54, 1.807) is 0 Å². The molecule has 10 rings (SSSR count). The summed E-state index contributed by atoms with van der Waals surface area (Å²) in [6.07, 6.45) is 0. The lowest BCUT2D eigenvalue weighted by atomic mass is 9.67. The Morgan fingerprint density at radius 2 is 0.917 bits per heavy atom. The van der Waals surface area contributed by atoms with E-state index in [1.807, 2.05) is 0 Å². The number of fused-ring (bicyclic) bond motifs is 8. The summed E-state index contributed by atoms with van der Waals surface area (Å²) in [5.41, 5.74) is 13.5. The summed E-state index contributed by atoms with van der Waals surface area (Å²) in [5.74, 6) is 0. The maximum atomic E-state index is 2.51. The fraction of sp³-hybridized carbons (Fsp3) is 0.0213. The summed E-state index contributed by atoms with van der Waals surface area (Å²) in [6.45, 7) is 0. The Balaban J connectivity index is 1.32. The van der Waals surface area contributed by atoms with Crippen molar-refractivity contribution in [2.45, 2.75) is 5.41 Å². The zero-order valence-corrected chi connectivity index (χ0v) is 26.3. The van der Waals surface area contributed by atoms with Crippen molar-refractivity contribution in [2.24, 2.45) is 0 Å². The Kier molecular flexibility index (Phi) is 5.86. The minimum atomic E-state index is -0.458. The topological polar surface area (TPSA) is 4.93 Å². The second kappa shape index (κ2) is 10.4. The lowest BCUT2D eigenvalue weighted by Crippen LogP contribution is -2.28. The van der Waals surface area contributed by atoms with E-state index < -0.39 is 5.41 Å². The monoisotopic (exact) mass is 609 g/mol. The van der Waals surface area contributed by atoms with Crippen molar-refractivity contribution in [1.29, 1.82) is 0 Å². The van der Waals surface area contributed by atoms with Gasteiger partial charge in [0.1, 0.15) is 0 Å². The lowest BCUT2D eigenvalue weighted by molar-refractivity contribution is 0.769. The molecule has 1 heterocycles. The lowest BCUT2D eigenvalue weighted by Gasteiger charge is -2.34. The van der Waals surface area contributed by atoms with Crippen molar-refractivity contribution in [2.75, 3.05) is 0 Å². The van der Waals surface area contributed by atoms with Gasteiger partial charge in [0, 0.05) is 16.5 Å². The van der Waals surface area contributed by atoms with Crippen LogP contribution in [0.2, 0.25) is 0 Å². The van der Waals surface area contributed by atoms with E-state index in [0.717, 1.165) is 0 Å². The quantitative estimate of drug-likeness (QED) is 0.187. The summed E-state index contributed by atoms with van der Waals surface area (Å²) >= 11 is 0. The van der Waals surface area contributed by atoms with E-state index in [4.69, 9.17) is 0 Å². The summed E-state index contributed by atoms with van der Waals surface area (Å²) in [4.78, 5) is 0. The average molecular weight is 610 g/mol. The van der Waals surface area contributed by atoms with Gasteiger partial charge in [-0.15, -0.1) is 0 Å². The third kappa shape index (κ3) is 3.67. The molecule has 0 spiro atoms. The predicted molar refractivity (Wildman–Crippen MR) is 201 cm³/mol. The number of nitrogens with zero attached hydrogens (tertiary/aromatic N) is 1. The molecule has 1 nitrogen and oxygen atoms in total. The third-order valence-electron chi connectivity index (χ3n) is 10.5. The third-order valence-corrected chi connectivity index (χ3v) is 10.5. The molecule has 1 aliphatic rings. The van der Waals surface area contributed by atoms with Crippen LogP contribution in [0.25, 0.3) is 60.5 Å². The minimum absolute atomic E-state index is 0.458. The molecule has 0 N–H and O–H groups in total. The number of para-hydroxylation sites is 2. The molecule has 0 unspecified atom stereocenters. The van der Waals surface area contributed by atoms with Gasteiger partial charge in [-0.05, 0) is 91.7 Å². The molecule has 8 aromatic carbocycles. The molecule has 0 saturated heterocycles. The van der Waals surface area contributed by atoms with Crippen LogP contribution >= 0.6 is 0 Å². The van der Waals surface area contributed by atoms with E-state index in [-0.39, 0.29) is 0 Å². The zero-order valence-electron chi connectivity index (χ0n) is 26.3. The van der Waals surface area contributed by atoms with Crippen molar-refractivity contribution in [1.82, 2.24) is 4.57 Å². The van der Waals surface area contributed by atoms with Crippen molar-refractivity contribution in [3.63, 3.8) is 0 Å². The molecule has 0 atom stereocenters. The zero-order chi connectivity index (χ0) is 31.7. The van der Waals surface area contributed by atoms with Crippen LogP contribution in [-0.2, 0) is 5.41 Å². The number of hydrogen-bond donors (Lipinski definition) is 0. The van der Waals surface area contributed by atoms with E-state index in [2.05, 4.69) is 193 Å². The molecule has 0 bridgehead atoms. The number of aromatic nitrogens is 1. The molecule has 0 radical (unpaired) electrons. The molecule has 48 heavy (non-hydrogen) atoms. The maximum Gasteiger partial charge on any atom is 0.0714 e. The van der Waals surface area contributed by atoms with Gasteiger partial charge in [-0.25, -0.2) is 0 Å². The first kappa shape index (κ1) is 27.0. The highest BCUT2D eigenvalue weighted by Gasteiger charge is 2.46. The van der Waals surface area contributed by atoms with E-state index >= 15 is 0 Å². The van der Waals surface area contributed by atoms with Crippen LogP contribution < -0.4 is 0 Å². The summed E-state index contributed by atoms with van der Waals surface area (Å²) in [5, 5.41) is 5.09. The molecule has 1 aromatic heterocycles. The smallest absolute Gasteiger partial charge is 0.0714 e. The van der Waals surface area contributed by atoms with Crippen molar-refractivity contribution in [3.8, 4) is 27.9 Å². The molecule has 0 saturated carbocycles. The maximum absolute atomic E-state index is 2.51. The molecule has 0 amide bonds. The van der Waals surface area contributed by atoms with Gasteiger partial charge < -0.3 is 4.57 Å². The number of benzene rings is 8. The van der Waals surface area contributed by atoms with Gasteiger partial charge in [0.15, 0.2) is 0 Å². The van der Waals surface area contributed by atoms with Crippen LogP contribution in [0.15, 0.2) is 188 Å². The molecule has 1 aliphatic carbocycles. The normalized spacial score (nSPS) is 13.2. The van der Waals surface area contributed by atoms with Gasteiger partial charge in [-0.3, -0.25) is 0 Å². The van der Waals surface area contributed by atoms with Crippen molar-refractivity contribution >= 4 is 32.6 Å². The molecule has 224 valence electrons. The minimum Gasteiger partial charge on any atom is -0.309 e. The summed E-state index contributed by atoms with van der Waals surface area (Å²) < 4.78 is 2.39. The second-order valence-corrected chi connectivity index (χ2v) is 12.8. The van der Waals surface area contributed by atoms with Gasteiger partial charge >= 0.3 is 0 Å². The Morgan fingerprint density at radius 3 is 1.65 bits per heavy atom. The number of hydrogen-bond acceptors (Lipinski definition) is 0. The first-order chi connectivity index (χ1) is 23.8. The summed E-state index contributed by atoms with van der Waals surface area (Å²) in [7, 11) is 0. The second-order valence-electron chi connectivity index (χ2n) is 12.8. The first-order valence-corrected chi connectivity index (χ1v) is 16.7. The highest BCUT2D eigenvalue weighted by Crippen LogP contribution is 2.59. The Morgan fingerprint density at radius 1 is 0.354 bits per heavy atom. The van der Waals surface area contributed by atoms with Gasteiger partial charge in [0.05, 0.1) is 16.4 Å². The number of rotatable bonds is 4. The summed E-state index contributed by atoms with van der Waals surface area (Å²) in [6, 6.07) is 69.3. The van der Waals surface area contributed by atoms with E-state index in [0.29, 0.717) is 0 Å². The van der Waals surface area contributed by atoms with E-state index in [9.17, 15) is 0 Å². The van der Waals surface area contributed by atoms with Gasteiger partial charge in [-0.1, -0.05) is 152 Å².